The van der Waals surface area contributed by atoms with Crippen LogP contribution in [0.3, 0.4) is 0 Å². The van der Waals surface area contributed by atoms with Crippen molar-refractivity contribution < 1.29 is 18.8 Å². The standard InChI is InChI=1S/C18H19FN2O3/c1-13(15-3-7-17(8-4-15)20-14(2)22)21-24-12-11-23-18-9-5-16(19)6-10-18/h3-10H,11-12H2,1-2H3,(H,20,22)/b21-13+. The van der Waals surface area contributed by atoms with Crippen LogP contribution >= 0.6 is 0 Å². The van der Waals surface area contributed by atoms with Crippen molar-refractivity contribution >= 4 is 17.3 Å². The number of carbonyl (C=O) groups excluding carboxylic acids is 1. The fraction of sp³-hybridized carbons (Fsp3) is 0.222. The molecule has 5 nitrogen and oxygen atoms in total. The van der Waals surface area contributed by atoms with Crippen molar-refractivity contribution in [1.82, 2.24) is 0 Å². The maximum atomic E-state index is 12.7. The molecule has 1 N–H and O–H groups in total. The number of anilines is 1. The number of oxime groups is 1. The lowest BCUT2D eigenvalue weighted by Crippen LogP contribution is -2.07. The fourth-order valence-corrected chi connectivity index (χ4v) is 1.92. The smallest absolute Gasteiger partial charge is 0.221 e. The maximum Gasteiger partial charge on any atom is 0.221 e. The first-order valence-corrected chi connectivity index (χ1v) is 7.47. The molecule has 0 aromatic heterocycles. The van der Waals surface area contributed by atoms with Gasteiger partial charge in [-0.15, -0.1) is 0 Å². The van der Waals surface area contributed by atoms with Gasteiger partial charge in [-0.3, -0.25) is 4.79 Å². The number of hydrogen-bond donors (Lipinski definition) is 1. The van der Waals surface area contributed by atoms with Crippen LogP contribution in [0, 0.1) is 5.82 Å². The molecule has 2 rings (SSSR count). The van der Waals surface area contributed by atoms with Gasteiger partial charge in [0.2, 0.25) is 5.91 Å². The van der Waals surface area contributed by atoms with Crippen molar-refractivity contribution in [1.29, 1.82) is 0 Å². The number of halogens is 1. The summed E-state index contributed by atoms with van der Waals surface area (Å²) < 4.78 is 18.1. The van der Waals surface area contributed by atoms with E-state index in [1.54, 1.807) is 24.3 Å². The minimum atomic E-state index is -0.302. The summed E-state index contributed by atoms with van der Waals surface area (Å²) in [7, 11) is 0. The number of amides is 1. The van der Waals surface area contributed by atoms with E-state index in [2.05, 4.69) is 10.5 Å². The van der Waals surface area contributed by atoms with E-state index in [4.69, 9.17) is 9.57 Å². The third-order valence-corrected chi connectivity index (χ3v) is 3.08. The average molecular weight is 330 g/mol. The first kappa shape index (κ1) is 17.5. The zero-order chi connectivity index (χ0) is 17.4. The SMILES string of the molecule is CC(=O)Nc1ccc(/C(C)=N/OCCOc2ccc(F)cc2)cc1. The van der Waals surface area contributed by atoms with Gasteiger partial charge in [-0.25, -0.2) is 4.39 Å². The summed E-state index contributed by atoms with van der Waals surface area (Å²) in [4.78, 5) is 16.2. The minimum Gasteiger partial charge on any atom is -0.490 e. The van der Waals surface area contributed by atoms with Gasteiger partial charge in [0.1, 0.15) is 18.2 Å². The van der Waals surface area contributed by atoms with Crippen molar-refractivity contribution in [2.75, 3.05) is 18.5 Å². The minimum absolute atomic E-state index is 0.113. The largest absolute Gasteiger partial charge is 0.490 e. The summed E-state index contributed by atoms with van der Waals surface area (Å²) in [5, 5.41) is 6.72. The van der Waals surface area contributed by atoms with Gasteiger partial charge >= 0.3 is 0 Å². The summed E-state index contributed by atoms with van der Waals surface area (Å²) in [5.74, 6) is 0.162. The lowest BCUT2D eigenvalue weighted by atomic mass is 10.1. The first-order valence-electron chi connectivity index (χ1n) is 7.47. The Balaban J connectivity index is 1.76. The third kappa shape index (κ3) is 5.72. The summed E-state index contributed by atoms with van der Waals surface area (Å²) in [6.07, 6.45) is 0. The average Bonchev–Trinajstić information content (AvgIpc) is 2.56. The van der Waals surface area contributed by atoms with Gasteiger partial charge < -0.3 is 14.9 Å². The molecule has 0 bridgehead atoms. The molecule has 1 amide bonds. The first-order chi connectivity index (χ1) is 11.5. The Morgan fingerprint density at radius 2 is 1.71 bits per heavy atom. The lowest BCUT2D eigenvalue weighted by Gasteiger charge is -2.06. The van der Waals surface area contributed by atoms with Crippen LogP contribution < -0.4 is 10.1 Å². The van der Waals surface area contributed by atoms with Crippen LogP contribution in [-0.4, -0.2) is 24.8 Å². The van der Waals surface area contributed by atoms with E-state index in [0.717, 1.165) is 11.3 Å². The van der Waals surface area contributed by atoms with Crippen molar-refractivity contribution in [3.63, 3.8) is 0 Å². The molecule has 0 aliphatic rings. The molecule has 24 heavy (non-hydrogen) atoms. The van der Waals surface area contributed by atoms with Crippen LogP contribution in [0.5, 0.6) is 5.75 Å². The van der Waals surface area contributed by atoms with Gasteiger partial charge in [-0.2, -0.15) is 0 Å². The van der Waals surface area contributed by atoms with Crippen molar-refractivity contribution in [3.05, 3.63) is 59.9 Å². The lowest BCUT2D eigenvalue weighted by molar-refractivity contribution is -0.114. The van der Waals surface area contributed by atoms with Crippen LogP contribution in [0.4, 0.5) is 10.1 Å². The molecule has 0 heterocycles. The van der Waals surface area contributed by atoms with Crippen molar-refractivity contribution in [2.24, 2.45) is 5.16 Å². The van der Waals surface area contributed by atoms with Gasteiger partial charge in [0, 0.05) is 12.6 Å². The molecule has 6 heteroatoms. The molecule has 0 saturated carbocycles. The number of hydrogen-bond acceptors (Lipinski definition) is 4. The van der Waals surface area contributed by atoms with E-state index in [0.29, 0.717) is 18.1 Å². The van der Waals surface area contributed by atoms with Gasteiger partial charge in [-0.1, -0.05) is 17.3 Å². The Morgan fingerprint density at radius 3 is 2.33 bits per heavy atom. The number of nitrogens with zero attached hydrogens (tertiary/aromatic N) is 1. The molecule has 0 spiro atoms. The highest BCUT2D eigenvalue weighted by Crippen LogP contribution is 2.12. The molecule has 2 aromatic carbocycles. The van der Waals surface area contributed by atoms with Crippen molar-refractivity contribution in [3.8, 4) is 5.75 Å². The molecular weight excluding hydrogens is 311 g/mol. The van der Waals surface area contributed by atoms with Crippen LogP contribution in [0.25, 0.3) is 0 Å². The molecule has 0 atom stereocenters. The highest BCUT2D eigenvalue weighted by atomic mass is 19.1. The van der Waals surface area contributed by atoms with Crippen LogP contribution in [-0.2, 0) is 9.63 Å². The Morgan fingerprint density at radius 1 is 1.04 bits per heavy atom. The van der Waals surface area contributed by atoms with Gasteiger partial charge in [0.25, 0.3) is 0 Å². The number of benzene rings is 2. The highest BCUT2D eigenvalue weighted by Gasteiger charge is 2.00. The summed E-state index contributed by atoms with van der Waals surface area (Å²) in [6.45, 7) is 3.87. The molecule has 0 saturated heterocycles. The Hall–Kier alpha value is -2.89. The summed E-state index contributed by atoms with van der Waals surface area (Å²) >= 11 is 0. The number of nitrogens with one attached hydrogen (secondary N) is 1. The monoisotopic (exact) mass is 330 g/mol. The van der Waals surface area contributed by atoms with Crippen molar-refractivity contribution in [2.45, 2.75) is 13.8 Å². The highest BCUT2D eigenvalue weighted by molar-refractivity contribution is 5.99. The van der Waals surface area contributed by atoms with E-state index in [9.17, 15) is 9.18 Å². The molecule has 0 fully saturated rings. The predicted octanol–water partition coefficient (Wildman–Crippen LogP) is 3.60. The molecule has 0 aliphatic heterocycles. The predicted molar refractivity (Wildman–Crippen MR) is 90.8 cm³/mol. The fourth-order valence-electron chi connectivity index (χ4n) is 1.92. The zero-order valence-corrected chi connectivity index (χ0v) is 13.6. The molecule has 126 valence electrons. The summed E-state index contributed by atoms with van der Waals surface area (Å²) in [5.41, 5.74) is 2.34. The number of ether oxygens (including phenoxy) is 1. The van der Waals surface area contributed by atoms with Gasteiger partial charge in [0.05, 0.1) is 5.71 Å². The Bertz CT molecular complexity index is 697. The molecule has 0 aliphatic carbocycles. The number of rotatable bonds is 7. The topological polar surface area (TPSA) is 59.9 Å². The van der Waals surface area contributed by atoms with E-state index in [-0.39, 0.29) is 18.3 Å². The normalized spacial score (nSPS) is 11.0. The second-order valence-electron chi connectivity index (χ2n) is 5.07. The van der Waals surface area contributed by atoms with Crippen LogP contribution in [0.15, 0.2) is 53.7 Å². The molecule has 0 radical (unpaired) electrons. The van der Waals surface area contributed by atoms with E-state index < -0.39 is 0 Å². The van der Waals surface area contributed by atoms with Gasteiger partial charge in [0.15, 0.2) is 6.61 Å². The molecular formula is C18H19FN2O3. The Labute approximate surface area is 140 Å². The second-order valence-corrected chi connectivity index (χ2v) is 5.07. The van der Waals surface area contributed by atoms with Crippen LogP contribution in [0.1, 0.15) is 19.4 Å². The quantitative estimate of drug-likeness (QED) is 0.479. The van der Waals surface area contributed by atoms with E-state index in [1.807, 2.05) is 19.1 Å². The van der Waals surface area contributed by atoms with Crippen LogP contribution in [0.2, 0.25) is 0 Å². The van der Waals surface area contributed by atoms with E-state index in [1.165, 1.54) is 19.1 Å². The third-order valence-electron chi connectivity index (χ3n) is 3.08. The number of carbonyl (C=O) groups is 1. The Kier molecular flexibility index (Phi) is 6.31. The van der Waals surface area contributed by atoms with E-state index >= 15 is 0 Å². The maximum absolute atomic E-state index is 12.7. The second kappa shape index (κ2) is 8.67. The summed E-state index contributed by atoms with van der Waals surface area (Å²) in [6, 6.07) is 13.1. The zero-order valence-electron chi connectivity index (χ0n) is 13.6. The molecule has 2 aromatic rings. The molecule has 0 unspecified atom stereocenters. The van der Waals surface area contributed by atoms with Gasteiger partial charge in [-0.05, 0) is 48.9 Å².